The number of carbonyl (C=O) groups excluding carboxylic acids is 1. The SMILES string of the molecule is C=C/C=C(\N=C/C)C(=O)CC(=O)O. The van der Waals surface area contributed by atoms with Crippen LogP contribution in [0, 0.1) is 0 Å². The van der Waals surface area contributed by atoms with Gasteiger partial charge in [0.05, 0.1) is 0 Å². The van der Waals surface area contributed by atoms with Gasteiger partial charge in [0, 0.05) is 6.21 Å². The molecule has 0 aliphatic rings. The molecule has 0 saturated carbocycles. The lowest BCUT2D eigenvalue weighted by molar-refractivity contribution is -0.139. The summed E-state index contributed by atoms with van der Waals surface area (Å²) >= 11 is 0. The Hall–Kier alpha value is -1.71. The number of hydrogen-bond acceptors (Lipinski definition) is 3. The third-order valence-electron chi connectivity index (χ3n) is 1.14. The van der Waals surface area contributed by atoms with Crippen LogP contribution in [0.1, 0.15) is 13.3 Å². The van der Waals surface area contributed by atoms with Crippen molar-refractivity contribution < 1.29 is 14.7 Å². The van der Waals surface area contributed by atoms with Crippen molar-refractivity contribution in [1.82, 2.24) is 0 Å². The molecule has 0 amide bonds. The Kier molecular flexibility index (Phi) is 5.11. The first-order chi connectivity index (χ1) is 6.11. The van der Waals surface area contributed by atoms with E-state index in [-0.39, 0.29) is 5.70 Å². The molecule has 0 bridgehead atoms. The maximum absolute atomic E-state index is 11.1. The van der Waals surface area contributed by atoms with Gasteiger partial charge in [-0.1, -0.05) is 12.7 Å². The van der Waals surface area contributed by atoms with Crippen LogP contribution in [0.5, 0.6) is 0 Å². The van der Waals surface area contributed by atoms with Crippen LogP contribution in [-0.2, 0) is 9.59 Å². The first kappa shape index (κ1) is 11.3. The van der Waals surface area contributed by atoms with E-state index in [1.54, 1.807) is 6.92 Å². The molecule has 4 heteroatoms. The average molecular weight is 181 g/mol. The number of carbonyl (C=O) groups is 2. The van der Waals surface area contributed by atoms with E-state index in [2.05, 4.69) is 11.6 Å². The van der Waals surface area contributed by atoms with Crippen LogP contribution in [0.2, 0.25) is 0 Å². The molecule has 0 aromatic carbocycles. The number of ketones is 1. The first-order valence-corrected chi connectivity index (χ1v) is 3.68. The smallest absolute Gasteiger partial charge is 0.311 e. The molecule has 0 spiro atoms. The summed E-state index contributed by atoms with van der Waals surface area (Å²) < 4.78 is 0. The topological polar surface area (TPSA) is 66.7 Å². The Balaban J connectivity index is 4.56. The Morgan fingerprint density at radius 3 is 2.54 bits per heavy atom. The van der Waals surface area contributed by atoms with Gasteiger partial charge < -0.3 is 5.11 Å². The van der Waals surface area contributed by atoms with Gasteiger partial charge in [-0.15, -0.1) is 0 Å². The molecule has 4 nitrogen and oxygen atoms in total. The average Bonchev–Trinajstić information content (AvgIpc) is 2.02. The molecule has 0 aliphatic carbocycles. The third-order valence-corrected chi connectivity index (χ3v) is 1.14. The van der Waals surface area contributed by atoms with Gasteiger partial charge in [0.1, 0.15) is 12.1 Å². The highest BCUT2D eigenvalue weighted by Crippen LogP contribution is 2.02. The van der Waals surface area contributed by atoms with E-state index in [0.717, 1.165) is 0 Å². The molecular formula is C9H11NO3. The van der Waals surface area contributed by atoms with Gasteiger partial charge >= 0.3 is 5.97 Å². The number of carboxylic acids is 1. The van der Waals surface area contributed by atoms with Crippen molar-refractivity contribution in [1.29, 1.82) is 0 Å². The number of Topliss-reactive ketones (excluding diaryl/α,β-unsaturated/α-hetero) is 1. The van der Waals surface area contributed by atoms with Crippen LogP contribution in [0.25, 0.3) is 0 Å². The lowest BCUT2D eigenvalue weighted by atomic mass is 10.2. The van der Waals surface area contributed by atoms with Crippen molar-refractivity contribution in [3.05, 3.63) is 24.4 Å². The first-order valence-electron chi connectivity index (χ1n) is 3.68. The number of carboxylic acid groups (broad SMARTS) is 1. The quantitative estimate of drug-likeness (QED) is 0.300. The predicted molar refractivity (Wildman–Crippen MR) is 49.7 cm³/mol. The fraction of sp³-hybridized carbons (Fsp3) is 0.222. The van der Waals surface area contributed by atoms with Crippen LogP contribution in [0.15, 0.2) is 29.4 Å². The highest BCUT2D eigenvalue weighted by Gasteiger charge is 2.11. The van der Waals surface area contributed by atoms with Crippen molar-refractivity contribution in [3.8, 4) is 0 Å². The zero-order valence-corrected chi connectivity index (χ0v) is 7.36. The summed E-state index contributed by atoms with van der Waals surface area (Å²) in [5.74, 6) is -1.68. The summed E-state index contributed by atoms with van der Waals surface area (Å²) in [5, 5.41) is 8.34. The molecule has 0 fully saturated rings. The van der Waals surface area contributed by atoms with Crippen LogP contribution in [0.3, 0.4) is 0 Å². The number of hydrogen-bond donors (Lipinski definition) is 1. The van der Waals surface area contributed by atoms with Gasteiger partial charge in [-0.3, -0.25) is 14.6 Å². The molecule has 0 atom stereocenters. The highest BCUT2D eigenvalue weighted by atomic mass is 16.4. The number of nitrogens with zero attached hydrogens (tertiary/aromatic N) is 1. The van der Waals surface area contributed by atoms with E-state index in [1.165, 1.54) is 18.4 Å². The summed E-state index contributed by atoms with van der Waals surface area (Å²) in [4.78, 5) is 25.0. The summed E-state index contributed by atoms with van der Waals surface area (Å²) in [5.41, 5.74) is 0.111. The zero-order chi connectivity index (χ0) is 10.3. The van der Waals surface area contributed by atoms with Crippen LogP contribution >= 0.6 is 0 Å². The molecular weight excluding hydrogens is 170 g/mol. The monoisotopic (exact) mass is 181 g/mol. The summed E-state index contributed by atoms with van der Waals surface area (Å²) in [7, 11) is 0. The van der Waals surface area contributed by atoms with Crippen molar-refractivity contribution >= 4 is 18.0 Å². The van der Waals surface area contributed by atoms with Gasteiger partial charge in [0.25, 0.3) is 0 Å². The van der Waals surface area contributed by atoms with Gasteiger partial charge in [0.15, 0.2) is 5.78 Å². The molecule has 0 radical (unpaired) electrons. The minimum Gasteiger partial charge on any atom is -0.481 e. The van der Waals surface area contributed by atoms with E-state index >= 15 is 0 Å². The van der Waals surface area contributed by atoms with Crippen LogP contribution in [-0.4, -0.2) is 23.1 Å². The summed E-state index contributed by atoms with van der Waals surface area (Å²) in [6.07, 6.45) is 3.65. The molecule has 0 heterocycles. The Labute approximate surface area is 76.3 Å². The summed E-state index contributed by atoms with van der Waals surface area (Å²) in [6.45, 7) is 5.04. The second kappa shape index (κ2) is 5.88. The fourth-order valence-corrected chi connectivity index (χ4v) is 0.687. The van der Waals surface area contributed by atoms with E-state index in [4.69, 9.17) is 5.11 Å². The molecule has 0 rings (SSSR count). The maximum Gasteiger partial charge on any atom is 0.311 e. The van der Waals surface area contributed by atoms with Crippen molar-refractivity contribution in [2.45, 2.75) is 13.3 Å². The summed E-state index contributed by atoms with van der Waals surface area (Å²) in [6, 6.07) is 0. The minimum absolute atomic E-state index is 0.111. The van der Waals surface area contributed by atoms with E-state index in [0.29, 0.717) is 0 Å². The van der Waals surface area contributed by atoms with Gasteiger partial charge in [-0.05, 0) is 13.0 Å². The predicted octanol–water partition coefficient (Wildman–Crippen LogP) is 1.19. The van der Waals surface area contributed by atoms with Crippen molar-refractivity contribution in [3.63, 3.8) is 0 Å². The van der Waals surface area contributed by atoms with Crippen molar-refractivity contribution in [2.75, 3.05) is 0 Å². The number of aliphatic imine (C=N–C) groups is 1. The number of aliphatic carboxylic acids is 1. The van der Waals surface area contributed by atoms with Crippen molar-refractivity contribution in [2.24, 2.45) is 4.99 Å². The Morgan fingerprint density at radius 2 is 2.15 bits per heavy atom. The third kappa shape index (κ3) is 4.68. The van der Waals surface area contributed by atoms with Gasteiger partial charge in [0.2, 0.25) is 0 Å². The molecule has 1 N–H and O–H groups in total. The molecule has 0 aliphatic heterocycles. The molecule has 0 aromatic heterocycles. The normalized spacial score (nSPS) is 11.6. The van der Waals surface area contributed by atoms with Crippen LogP contribution in [0.4, 0.5) is 0 Å². The molecule has 0 unspecified atom stereocenters. The van der Waals surface area contributed by atoms with E-state index in [1.807, 2.05) is 0 Å². The Morgan fingerprint density at radius 1 is 1.54 bits per heavy atom. The van der Waals surface area contributed by atoms with Crippen LogP contribution < -0.4 is 0 Å². The lowest BCUT2D eigenvalue weighted by Crippen LogP contribution is -2.08. The van der Waals surface area contributed by atoms with E-state index in [9.17, 15) is 9.59 Å². The van der Waals surface area contributed by atoms with Gasteiger partial charge in [-0.2, -0.15) is 0 Å². The highest BCUT2D eigenvalue weighted by molar-refractivity contribution is 6.05. The zero-order valence-electron chi connectivity index (χ0n) is 7.36. The Bertz CT molecular complexity index is 277. The van der Waals surface area contributed by atoms with E-state index < -0.39 is 18.2 Å². The number of rotatable bonds is 5. The minimum atomic E-state index is -1.16. The second-order valence-corrected chi connectivity index (χ2v) is 2.17. The lowest BCUT2D eigenvalue weighted by Gasteiger charge is -1.95. The largest absolute Gasteiger partial charge is 0.481 e. The fourth-order valence-electron chi connectivity index (χ4n) is 0.687. The molecule has 0 saturated heterocycles. The van der Waals surface area contributed by atoms with Gasteiger partial charge in [-0.25, -0.2) is 0 Å². The second-order valence-electron chi connectivity index (χ2n) is 2.17. The maximum atomic E-state index is 11.1. The molecule has 0 aromatic rings. The molecule has 70 valence electrons. The number of allylic oxidation sites excluding steroid dienone is 3. The molecule has 13 heavy (non-hydrogen) atoms. The standard InChI is InChI=1S/C9H11NO3/c1-3-5-7(10-4-2)8(11)6-9(12)13/h3-5H,1,6H2,2H3,(H,12,13)/b7-5-,10-4-.